The maximum absolute atomic E-state index is 12.7. The van der Waals surface area contributed by atoms with Crippen LogP contribution in [-0.4, -0.2) is 29.2 Å². The first-order valence-electron chi connectivity index (χ1n) is 8.78. The Kier molecular flexibility index (Phi) is 3.98. The van der Waals surface area contributed by atoms with E-state index in [-0.39, 0.29) is 36.1 Å². The van der Waals surface area contributed by atoms with Gasteiger partial charge in [0, 0.05) is 10.2 Å². The Morgan fingerprint density at radius 1 is 1.12 bits per heavy atom. The van der Waals surface area contributed by atoms with Gasteiger partial charge in [-0.25, -0.2) is 0 Å². The zero-order chi connectivity index (χ0) is 17.9. The second-order valence-corrected chi connectivity index (χ2v) is 8.47. The van der Waals surface area contributed by atoms with Crippen molar-refractivity contribution < 1.29 is 14.4 Å². The minimum Gasteiger partial charge on any atom is -0.324 e. The van der Waals surface area contributed by atoms with Gasteiger partial charge in [-0.3, -0.25) is 19.3 Å². The van der Waals surface area contributed by atoms with Crippen molar-refractivity contribution in [3.05, 3.63) is 27.7 Å². The molecule has 3 amide bonds. The van der Waals surface area contributed by atoms with Crippen molar-refractivity contribution in [2.75, 3.05) is 11.9 Å². The lowest BCUT2D eigenvalue weighted by molar-refractivity contribution is -0.143. The van der Waals surface area contributed by atoms with Crippen molar-refractivity contribution in [2.45, 2.75) is 33.1 Å². The van der Waals surface area contributed by atoms with E-state index in [9.17, 15) is 14.4 Å². The number of imide groups is 1. The third-order valence-corrected chi connectivity index (χ3v) is 6.95. The molecule has 25 heavy (non-hydrogen) atoms. The number of carbonyl (C=O) groups is 3. The van der Waals surface area contributed by atoms with Gasteiger partial charge in [-0.2, -0.15) is 0 Å². The number of nitrogens with zero attached hydrogens (tertiary/aromatic N) is 1. The van der Waals surface area contributed by atoms with Crippen molar-refractivity contribution in [3.8, 4) is 0 Å². The van der Waals surface area contributed by atoms with Crippen LogP contribution < -0.4 is 5.32 Å². The summed E-state index contributed by atoms with van der Waals surface area (Å²) in [6.45, 7) is 3.68. The van der Waals surface area contributed by atoms with Crippen LogP contribution in [0.2, 0.25) is 0 Å². The third kappa shape index (κ3) is 2.62. The maximum atomic E-state index is 12.7. The molecule has 4 rings (SSSR count). The molecule has 4 atom stereocenters. The molecule has 0 radical (unpaired) electrons. The smallest absolute Gasteiger partial charge is 0.244 e. The average Bonchev–Trinajstić information content (AvgIpc) is 3.22. The molecule has 1 aromatic carbocycles. The van der Waals surface area contributed by atoms with Gasteiger partial charge in [-0.15, -0.1) is 0 Å². The quantitative estimate of drug-likeness (QED) is 0.787. The topological polar surface area (TPSA) is 66.5 Å². The van der Waals surface area contributed by atoms with Crippen molar-refractivity contribution in [1.29, 1.82) is 0 Å². The summed E-state index contributed by atoms with van der Waals surface area (Å²) in [6, 6.07) is 3.83. The van der Waals surface area contributed by atoms with Crippen molar-refractivity contribution >= 4 is 39.3 Å². The summed E-state index contributed by atoms with van der Waals surface area (Å²) in [5.41, 5.74) is 2.66. The molecule has 1 N–H and O–H groups in total. The number of anilines is 1. The number of fused-ring (bicyclic) bond motifs is 5. The van der Waals surface area contributed by atoms with E-state index in [0.29, 0.717) is 17.5 Å². The van der Waals surface area contributed by atoms with Crippen LogP contribution in [0.4, 0.5) is 5.69 Å². The van der Waals surface area contributed by atoms with Crippen LogP contribution in [-0.2, 0) is 14.4 Å². The minimum absolute atomic E-state index is 0.138. The Hall–Kier alpha value is -1.69. The molecule has 5 nitrogen and oxygen atoms in total. The monoisotopic (exact) mass is 404 g/mol. The molecule has 132 valence electrons. The summed E-state index contributed by atoms with van der Waals surface area (Å²) in [5, 5.41) is 2.84. The fourth-order valence-corrected chi connectivity index (χ4v) is 5.33. The Bertz CT molecular complexity index is 763. The largest absolute Gasteiger partial charge is 0.324 e. The van der Waals surface area contributed by atoms with Crippen molar-refractivity contribution in [2.24, 2.45) is 23.7 Å². The van der Waals surface area contributed by atoms with Gasteiger partial charge >= 0.3 is 0 Å². The van der Waals surface area contributed by atoms with Gasteiger partial charge in [0.1, 0.15) is 6.54 Å². The molecule has 0 unspecified atom stereocenters. The molecular formula is C19H21BrN2O3. The zero-order valence-corrected chi connectivity index (χ0v) is 15.9. The third-order valence-electron chi connectivity index (χ3n) is 6.10. The fourth-order valence-electron chi connectivity index (χ4n) is 4.88. The van der Waals surface area contributed by atoms with Crippen LogP contribution in [0, 0.1) is 37.5 Å². The Morgan fingerprint density at radius 3 is 2.32 bits per heavy atom. The van der Waals surface area contributed by atoms with Gasteiger partial charge in [-0.05, 0) is 68.2 Å². The molecular weight excluding hydrogens is 384 g/mol. The predicted molar refractivity (Wildman–Crippen MR) is 96.8 cm³/mol. The second-order valence-electron chi connectivity index (χ2n) is 7.61. The summed E-state index contributed by atoms with van der Waals surface area (Å²) in [7, 11) is 0. The highest BCUT2D eigenvalue weighted by atomic mass is 79.9. The predicted octanol–water partition coefficient (Wildman–Crippen LogP) is 3.04. The number of halogens is 1. The maximum Gasteiger partial charge on any atom is 0.244 e. The first kappa shape index (κ1) is 16.8. The molecule has 1 aromatic rings. The van der Waals surface area contributed by atoms with Gasteiger partial charge in [-0.1, -0.05) is 15.9 Å². The molecule has 0 aromatic heterocycles. The first-order chi connectivity index (χ1) is 11.9. The van der Waals surface area contributed by atoms with Gasteiger partial charge in [0.25, 0.3) is 0 Å². The van der Waals surface area contributed by atoms with E-state index in [1.54, 1.807) is 0 Å². The SMILES string of the molecule is Cc1cc(NC(=O)CN2C(=O)[C@@H]3[C@@H]4CC[C@H](C4)[C@@H]3C2=O)c(C)cc1Br. The van der Waals surface area contributed by atoms with Crippen LogP contribution in [0.1, 0.15) is 30.4 Å². The molecule has 0 spiro atoms. The van der Waals surface area contributed by atoms with Gasteiger partial charge in [0.15, 0.2) is 0 Å². The van der Waals surface area contributed by atoms with E-state index >= 15 is 0 Å². The van der Waals surface area contributed by atoms with E-state index in [0.717, 1.165) is 34.9 Å². The zero-order valence-electron chi connectivity index (χ0n) is 14.3. The summed E-state index contributed by atoms with van der Waals surface area (Å²) in [4.78, 5) is 38.9. The Morgan fingerprint density at radius 2 is 1.72 bits per heavy atom. The van der Waals surface area contributed by atoms with E-state index in [1.165, 1.54) is 4.90 Å². The van der Waals surface area contributed by atoms with Crippen molar-refractivity contribution in [1.82, 2.24) is 4.90 Å². The molecule has 3 fully saturated rings. The summed E-state index contributed by atoms with van der Waals surface area (Å²) in [5.74, 6) is -0.251. The van der Waals surface area contributed by atoms with Gasteiger partial charge in [0.2, 0.25) is 17.7 Å². The molecule has 2 bridgehead atoms. The van der Waals surface area contributed by atoms with E-state index in [2.05, 4.69) is 21.2 Å². The molecule has 2 aliphatic carbocycles. The summed E-state index contributed by atoms with van der Waals surface area (Å²) >= 11 is 3.47. The van der Waals surface area contributed by atoms with Crippen LogP contribution >= 0.6 is 15.9 Å². The Balaban J connectivity index is 1.48. The molecule has 1 aliphatic heterocycles. The Labute approximate surface area is 155 Å². The van der Waals surface area contributed by atoms with E-state index in [4.69, 9.17) is 0 Å². The van der Waals surface area contributed by atoms with Crippen LogP contribution in [0.5, 0.6) is 0 Å². The fraction of sp³-hybridized carbons (Fsp3) is 0.526. The van der Waals surface area contributed by atoms with Crippen LogP contribution in [0.15, 0.2) is 16.6 Å². The number of carbonyl (C=O) groups excluding carboxylic acids is 3. The first-order valence-corrected chi connectivity index (χ1v) is 9.58. The summed E-state index contributed by atoms with van der Waals surface area (Å²) in [6.07, 6.45) is 3.09. The second kappa shape index (κ2) is 5.94. The van der Waals surface area contributed by atoms with Gasteiger partial charge in [0.05, 0.1) is 11.8 Å². The van der Waals surface area contributed by atoms with Crippen LogP contribution in [0.3, 0.4) is 0 Å². The lowest BCUT2D eigenvalue weighted by Gasteiger charge is -2.19. The van der Waals surface area contributed by atoms with Crippen molar-refractivity contribution in [3.63, 3.8) is 0 Å². The average molecular weight is 405 g/mol. The minimum atomic E-state index is -0.321. The number of hydrogen-bond donors (Lipinski definition) is 1. The van der Waals surface area contributed by atoms with E-state index in [1.807, 2.05) is 26.0 Å². The number of nitrogens with one attached hydrogen (secondary N) is 1. The molecule has 3 aliphatic rings. The lowest BCUT2D eigenvalue weighted by atomic mass is 9.81. The number of amides is 3. The van der Waals surface area contributed by atoms with E-state index < -0.39 is 0 Å². The lowest BCUT2D eigenvalue weighted by Crippen LogP contribution is -2.39. The standard InChI is InChI=1S/C19H21BrN2O3/c1-9-6-14(10(2)5-13(9)20)21-15(23)8-22-18(24)16-11-3-4-12(7-11)17(16)19(22)25/h5-6,11-12,16-17H,3-4,7-8H2,1-2H3,(H,21,23)/t11-,12-,16-,17+/m1/s1. The molecule has 1 heterocycles. The van der Waals surface area contributed by atoms with Crippen LogP contribution in [0.25, 0.3) is 0 Å². The molecule has 1 saturated heterocycles. The number of rotatable bonds is 3. The highest BCUT2D eigenvalue weighted by molar-refractivity contribution is 9.10. The number of aryl methyl sites for hydroxylation is 2. The summed E-state index contributed by atoms with van der Waals surface area (Å²) < 4.78 is 0.983. The number of likely N-dealkylation sites (tertiary alicyclic amines) is 1. The normalized spacial score (nSPS) is 30.1. The molecule has 6 heteroatoms. The molecule has 2 saturated carbocycles. The highest BCUT2D eigenvalue weighted by Crippen LogP contribution is 2.56. The number of benzene rings is 1. The van der Waals surface area contributed by atoms with Gasteiger partial charge < -0.3 is 5.32 Å². The number of hydrogen-bond acceptors (Lipinski definition) is 3. The highest BCUT2D eigenvalue weighted by Gasteiger charge is 2.60.